The molecule has 0 atom stereocenters. The van der Waals surface area contributed by atoms with Crippen LogP contribution in [-0.4, -0.2) is 0 Å². The molecular formula is C2BrF3Zn. The summed E-state index contributed by atoms with van der Waals surface area (Å²) in [5.41, 5.74) is 0. The zero-order valence-corrected chi connectivity index (χ0v) is 7.77. The Labute approximate surface area is 55.8 Å². The van der Waals surface area contributed by atoms with Crippen LogP contribution in [0.2, 0.25) is 0 Å². The Kier molecular flexibility index (Phi) is 14.8. The van der Waals surface area contributed by atoms with E-state index < -0.39 is 6.08 Å². The van der Waals surface area contributed by atoms with Crippen LogP contribution in [-0.2, 0) is 16.3 Å². The van der Waals surface area contributed by atoms with Crippen LogP contribution in [0.1, 0.15) is 0 Å². The van der Waals surface area contributed by atoms with Crippen molar-refractivity contribution in [3.63, 3.8) is 0 Å². The first-order valence-corrected chi connectivity index (χ1v) is 8.03. The molecule has 0 aromatic heterocycles. The van der Waals surface area contributed by atoms with Crippen molar-refractivity contribution in [1.82, 2.24) is 0 Å². The second kappa shape index (κ2) is 9.81. The van der Waals surface area contributed by atoms with E-state index in [0.29, 0.717) is 0 Å². The molecule has 5 heteroatoms. The third kappa shape index (κ3) is 20.5. The van der Waals surface area contributed by atoms with E-state index in [1.807, 2.05) is 0 Å². The molecule has 0 aliphatic rings. The summed E-state index contributed by atoms with van der Waals surface area (Å²) < 4.78 is 30.5. The molecule has 0 amide bonds. The first-order valence-electron chi connectivity index (χ1n) is 1.08. The van der Waals surface area contributed by atoms with E-state index >= 15 is 0 Å². The van der Waals surface area contributed by atoms with Gasteiger partial charge in [-0.25, -0.2) is 15.1 Å². The first kappa shape index (κ1) is 10.6. The van der Waals surface area contributed by atoms with Crippen molar-refractivity contribution < 1.29 is 29.5 Å². The molecule has 0 unspecified atom stereocenters. The number of hydrogen-bond donors (Lipinski definition) is 0. The second-order valence-corrected chi connectivity index (χ2v) is 0.355. The number of halogens is 4. The molecule has 0 aliphatic carbocycles. The second-order valence-electron chi connectivity index (χ2n) is 0.355. The molecule has 0 radical (unpaired) electrons. The Morgan fingerprint density at radius 2 is 1.57 bits per heavy atom. The zero-order valence-electron chi connectivity index (χ0n) is 3.22. The third-order valence-corrected chi connectivity index (χ3v) is 0.0714. The van der Waals surface area contributed by atoms with Crippen LogP contribution < -0.4 is 0 Å². The molecular weight excluding hydrogens is 226 g/mol. The molecule has 0 saturated heterocycles. The van der Waals surface area contributed by atoms with Crippen LogP contribution in [0.15, 0.2) is 6.08 Å². The van der Waals surface area contributed by atoms with Crippen molar-refractivity contribution in [2.24, 2.45) is 0 Å². The number of rotatable bonds is 0. The van der Waals surface area contributed by atoms with Gasteiger partial charge in [-0.3, -0.25) is 0 Å². The summed E-state index contributed by atoms with van der Waals surface area (Å²) in [6.45, 7) is 0. The fourth-order valence-electron chi connectivity index (χ4n) is 0. The Balaban J connectivity index is 0. The minimum absolute atomic E-state index is 0.111. The fourth-order valence-corrected chi connectivity index (χ4v) is 0. The van der Waals surface area contributed by atoms with Crippen molar-refractivity contribution in [2.45, 2.75) is 0 Å². The molecule has 0 bridgehead atoms. The van der Waals surface area contributed by atoms with Crippen molar-refractivity contribution in [1.29, 1.82) is 0 Å². The molecule has 0 aromatic carbocycles. The molecule has 0 heterocycles. The Morgan fingerprint density at radius 3 is 1.57 bits per heavy atom. The first-order chi connectivity index (χ1) is 3.27. The number of hydrogen-bond acceptors (Lipinski definition) is 0. The van der Waals surface area contributed by atoms with E-state index in [9.17, 15) is 13.2 Å². The Morgan fingerprint density at radius 1 is 1.43 bits per heavy atom. The van der Waals surface area contributed by atoms with Crippen LogP contribution in [0.3, 0.4) is 0 Å². The zero-order chi connectivity index (χ0) is 6.28. The molecule has 0 aliphatic heterocycles. The summed E-state index contributed by atoms with van der Waals surface area (Å²) in [7, 11) is 0. The SMILES string of the molecule is F[C-]=C(F)F.[Zn+][Br]. The molecule has 0 saturated carbocycles. The average molecular weight is 226 g/mol. The molecule has 38 valence electrons. The van der Waals surface area contributed by atoms with Gasteiger partial charge in [-0.2, -0.15) is 0 Å². The maximum atomic E-state index is 10.2. The van der Waals surface area contributed by atoms with Gasteiger partial charge in [0.2, 0.25) is 0 Å². The molecule has 7 heavy (non-hydrogen) atoms. The van der Waals surface area contributed by atoms with Gasteiger partial charge in [0.1, 0.15) is 6.08 Å². The van der Waals surface area contributed by atoms with Gasteiger partial charge in [0.05, 0.1) is 0 Å². The van der Waals surface area contributed by atoms with Crippen LogP contribution in [0, 0.1) is 6.33 Å². The van der Waals surface area contributed by atoms with Crippen LogP contribution in [0.25, 0.3) is 0 Å². The van der Waals surface area contributed by atoms with E-state index in [2.05, 4.69) is 13.6 Å². The summed E-state index contributed by atoms with van der Waals surface area (Å²) in [6.07, 6.45) is -2.30. The van der Waals surface area contributed by atoms with Crippen molar-refractivity contribution in [2.75, 3.05) is 0 Å². The normalized spacial score (nSPS) is 6.00. The van der Waals surface area contributed by atoms with Gasteiger partial charge in [-0.15, -0.1) is 0 Å². The predicted molar refractivity (Wildman–Crippen MR) is 19.0 cm³/mol. The molecule has 0 N–H and O–H groups in total. The summed E-state index contributed by atoms with van der Waals surface area (Å²) in [4.78, 5) is 0. The van der Waals surface area contributed by atoms with E-state index in [-0.39, 0.29) is 6.33 Å². The summed E-state index contributed by atoms with van der Waals surface area (Å²) in [5.74, 6) is 0. The van der Waals surface area contributed by atoms with Crippen molar-refractivity contribution in [3.05, 3.63) is 12.4 Å². The van der Waals surface area contributed by atoms with E-state index in [4.69, 9.17) is 0 Å². The van der Waals surface area contributed by atoms with E-state index in [1.165, 1.54) is 16.3 Å². The Bertz CT molecular complexity index is 50.9. The van der Waals surface area contributed by atoms with Gasteiger partial charge in [0.15, 0.2) is 0 Å². The van der Waals surface area contributed by atoms with Crippen molar-refractivity contribution >= 4 is 13.6 Å². The van der Waals surface area contributed by atoms with Gasteiger partial charge in [0.25, 0.3) is 0 Å². The Hall–Kier alpha value is 0.633. The van der Waals surface area contributed by atoms with Gasteiger partial charge < -0.3 is 4.39 Å². The molecule has 0 aromatic rings. The van der Waals surface area contributed by atoms with Gasteiger partial charge >= 0.3 is 30.0 Å². The fraction of sp³-hybridized carbons (Fsp3) is 0. The van der Waals surface area contributed by atoms with E-state index in [0.717, 1.165) is 0 Å². The quantitative estimate of drug-likeness (QED) is 0.439. The summed E-state index contributed by atoms with van der Waals surface area (Å²) in [6, 6.07) is 0. The minimum atomic E-state index is -2.41. The van der Waals surface area contributed by atoms with Gasteiger partial charge in [0, 0.05) is 0 Å². The molecule has 0 fully saturated rings. The van der Waals surface area contributed by atoms with Crippen LogP contribution in [0.4, 0.5) is 13.2 Å². The van der Waals surface area contributed by atoms with E-state index in [1.54, 1.807) is 0 Å². The standard InChI is InChI=1S/C2F3.BrH.Zn/c3-1-2(4)5;;/h;1H;/q-1;;+2/p-1. The van der Waals surface area contributed by atoms with Crippen molar-refractivity contribution in [3.8, 4) is 0 Å². The molecule has 0 nitrogen and oxygen atoms in total. The molecule has 0 rings (SSSR count). The summed E-state index contributed by atoms with van der Waals surface area (Å²) in [5, 5.41) is 0. The average Bonchev–Trinajstić information content (AvgIpc) is 1.73. The van der Waals surface area contributed by atoms with Gasteiger partial charge in [-0.05, 0) is 0 Å². The monoisotopic (exact) mass is 224 g/mol. The predicted octanol–water partition coefficient (Wildman–Crippen LogP) is 2.34. The van der Waals surface area contributed by atoms with Crippen LogP contribution >= 0.6 is 13.6 Å². The molecule has 0 spiro atoms. The topological polar surface area (TPSA) is 0 Å². The van der Waals surface area contributed by atoms with Crippen LogP contribution in [0.5, 0.6) is 0 Å². The maximum absolute atomic E-state index is 10.2. The van der Waals surface area contributed by atoms with Gasteiger partial charge in [-0.1, -0.05) is 0 Å². The third-order valence-electron chi connectivity index (χ3n) is 0.0714. The summed E-state index contributed by atoms with van der Waals surface area (Å²) >= 11 is 4.25.